The van der Waals surface area contributed by atoms with Gasteiger partial charge in [-0.2, -0.15) is 4.31 Å². The van der Waals surface area contributed by atoms with E-state index in [1.165, 1.54) is 29.0 Å². The number of amidine groups is 1. The van der Waals surface area contributed by atoms with Crippen molar-refractivity contribution < 1.29 is 13.2 Å². The first-order valence-corrected chi connectivity index (χ1v) is 12.6. The van der Waals surface area contributed by atoms with E-state index in [0.717, 1.165) is 35.1 Å². The maximum atomic E-state index is 12.9. The van der Waals surface area contributed by atoms with Gasteiger partial charge < -0.3 is 10.3 Å². The van der Waals surface area contributed by atoms with E-state index in [1.54, 1.807) is 6.08 Å². The molecular formula is C23H28N4O3S. The van der Waals surface area contributed by atoms with Gasteiger partial charge in [0.05, 0.1) is 0 Å². The number of nitrogens with one attached hydrogen (secondary N) is 2. The van der Waals surface area contributed by atoms with Gasteiger partial charge in [0.25, 0.3) is 5.91 Å². The average Bonchev–Trinajstić information content (AvgIpc) is 3.39. The van der Waals surface area contributed by atoms with E-state index < -0.39 is 15.6 Å². The summed E-state index contributed by atoms with van der Waals surface area (Å²) in [6, 6.07) is 7.70. The smallest absolute Gasteiger partial charge is 0.253 e. The average molecular weight is 441 g/mol. The summed E-state index contributed by atoms with van der Waals surface area (Å²) in [6.07, 6.45) is 10.1. The first-order valence-electron chi connectivity index (χ1n) is 11.1. The van der Waals surface area contributed by atoms with Gasteiger partial charge in [0.2, 0.25) is 10.0 Å². The van der Waals surface area contributed by atoms with Crippen molar-refractivity contribution in [2.75, 3.05) is 13.1 Å². The number of sulfonamides is 1. The van der Waals surface area contributed by atoms with Gasteiger partial charge in [-0.15, -0.1) is 0 Å². The number of benzene rings is 1. The Hall–Kier alpha value is -2.45. The highest BCUT2D eigenvalue weighted by molar-refractivity contribution is 7.92. The van der Waals surface area contributed by atoms with E-state index in [1.807, 2.05) is 30.5 Å². The van der Waals surface area contributed by atoms with E-state index in [0.29, 0.717) is 31.8 Å². The lowest BCUT2D eigenvalue weighted by Gasteiger charge is -2.34. The van der Waals surface area contributed by atoms with Crippen LogP contribution in [0.15, 0.2) is 40.9 Å². The van der Waals surface area contributed by atoms with Crippen LogP contribution in [0.1, 0.15) is 50.5 Å². The molecule has 0 atom stereocenters. The molecule has 0 bridgehead atoms. The SMILES string of the molecule is O=C1NC(C2CCCCC2)=NC12CCN(S(=O)(=O)/C=C/c1cccc3[nH]ccc13)CC2. The zero-order valence-corrected chi connectivity index (χ0v) is 18.3. The Kier molecular flexibility index (Phi) is 5.22. The van der Waals surface area contributed by atoms with Crippen molar-refractivity contribution in [1.82, 2.24) is 14.6 Å². The topological polar surface area (TPSA) is 94.6 Å². The standard InChI is InChI=1S/C23H28N4O3S/c28-22-23(26-21(25-22)18-5-2-1-3-6-18)11-14-27(15-12-23)31(29,30)16-10-17-7-4-8-20-19(17)9-13-24-20/h4,7-10,13,16,18,24H,1-3,5-6,11-12,14-15H2,(H,25,26,28)/b16-10+. The number of H-pyrrole nitrogens is 1. The first-order chi connectivity index (χ1) is 15.0. The lowest BCUT2D eigenvalue weighted by atomic mass is 9.88. The maximum Gasteiger partial charge on any atom is 0.253 e. The number of hydrogen-bond donors (Lipinski definition) is 2. The highest BCUT2D eigenvalue weighted by Gasteiger charge is 2.48. The van der Waals surface area contributed by atoms with Crippen LogP contribution in [0.2, 0.25) is 0 Å². The molecule has 7 nitrogen and oxygen atoms in total. The van der Waals surface area contributed by atoms with Gasteiger partial charge in [-0.05, 0) is 49.5 Å². The predicted molar refractivity (Wildman–Crippen MR) is 122 cm³/mol. The molecule has 1 amide bonds. The molecule has 2 aromatic rings. The van der Waals surface area contributed by atoms with Gasteiger partial charge in [-0.25, -0.2) is 8.42 Å². The molecule has 1 saturated carbocycles. The van der Waals surface area contributed by atoms with Crippen LogP contribution in [0.5, 0.6) is 0 Å². The zero-order valence-electron chi connectivity index (χ0n) is 17.5. The van der Waals surface area contributed by atoms with Crippen LogP contribution in [-0.4, -0.2) is 48.1 Å². The van der Waals surface area contributed by atoms with Crippen LogP contribution >= 0.6 is 0 Å². The van der Waals surface area contributed by atoms with Crippen molar-refractivity contribution in [2.24, 2.45) is 10.9 Å². The molecule has 1 aliphatic carbocycles. The Balaban J connectivity index is 1.29. The molecule has 3 heterocycles. The second kappa shape index (κ2) is 7.91. The number of rotatable bonds is 4. The Morgan fingerprint density at radius 3 is 2.65 bits per heavy atom. The van der Waals surface area contributed by atoms with E-state index in [4.69, 9.17) is 4.99 Å². The summed E-state index contributed by atoms with van der Waals surface area (Å²) in [5, 5.41) is 5.29. The summed E-state index contributed by atoms with van der Waals surface area (Å²) in [6.45, 7) is 0.603. The quantitative estimate of drug-likeness (QED) is 0.763. The number of fused-ring (bicyclic) bond motifs is 1. The minimum absolute atomic E-state index is 0.0557. The van der Waals surface area contributed by atoms with E-state index in [9.17, 15) is 13.2 Å². The maximum absolute atomic E-state index is 12.9. The second-order valence-corrected chi connectivity index (χ2v) is 10.7. The van der Waals surface area contributed by atoms with E-state index >= 15 is 0 Å². The number of carbonyl (C=O) groups excluding carboxylic acids is 1. The number of aliphatic imine (C=N–C) groups is 1. The molecule has 8 heteroatoms. The molecule has 2 N–H and O–H groups in total. The molecule has 1 aromatic heterocycles. The fourth-order valence-corrected chi connectivity index (χ4v) is 6.24. The van der Waals surface area contributed by atoms with Gasteiger partial charge in [-0.3, -0.25) is 9.79 Å². The minimum atomic E-state index is -3.57. The molecule has 1 aromatic carbocycles. The fourth-order valence-electron chi connectivity index (χ4n) is 5.06. The van der Waals surface area contributed by atoms with Crippen LogP contribution in [0.3, 0.4) is 0 Å². The van der Waals surface area contributed by atoms with Crippen molar-refractivity contribution in [3.63, 3.8) is 0 Å². The van der Waals surface area contributed by atoms with Crippen molar-refractivity contribution in [1.29, 1.82) is 0 Å². The van der Waals surface area contributed by atoms with Gasteiger partial charge >= 0.3 is 0 Å². The lowest BCUT2D eigenvalue weighted by molar-refractivity contribution is -0.124. The summed E-state index contributed by atoms with van der Waals surface area (Å²) < 4.78 is 27.3. The normalized spacial score (nSPS) is 23.0. The molecule has 5 rings (SSSR count). The summed E-state index contributed by atoms with van der Waals surface area (Å²) in [5.74, 6) is 1.12. The number of hydrogen-bond acceptors (Lipinski definition) is 4. The molecule has 2 fully saturated rings. The number of nitrogens with zero attached hydrogens (tertiary/aromatic N) is 2. The monoisotopic (exact) mass is 440 g/mol. The largest absolute Gasteiger partial charge is 0.361 e. The Morgan fingerprint density at radius 1 is 1.10 bits per heavy atom. The third-order valence-corrected chi connectivity index (χ3v) is 8.51. The highest BCUT2D eigenvalue weighted by atomic mass is 32.2. The van der Waals surface area contributed by atoms with Crippen LogP contribution in [0.25, 0.3) is 17.0 Å². The molecule has 31 heavy (non-hydrogen) atoms. The van der Waals surface area contributed by atoms with Crippen molar-refractivity contribution in [3.05, 3.63) is 41.4 Å². The summed E-state index contributed by atoms with van der Waals surface area (Å²) >= 11 is 0. The van der Waals surface area contributed by atoms with Gasteiger partial charge in [0, 0.05) is 41.5 Å². The molecule has 0 unspecified atom stereocenters. The zero-order chi connectivity index (χ0) is 21.5. The predicted octanol–water partition coefficient (Wildman–Crippen LogP) is 3.41. The number of aromatic nitrogens is 1. The van der Waals surface area contributed by atoms with Crippen LogP contribution in [0.4, 0.5) is 0 Å². The number of aromatic amines is 1. The van der Waals surface area contributed by atoms with Gasteiger partial charge in [0.15, 0.2) is 0 Å². The Morgan fingerprint density at radius 2 is 1.87 bits per heavy atom. The van der Waals surface area contributed by atoms with Crippen LogP contribution < -0.4 is 5.32 Å². The third kappa shape index (κ3) is 3.83. The first kappa shape index (κ1) is 20.5. The Labute approximate surface area is 182 Å². The van der Waals surface area contributed by atoms with Crippen LogP contribution in [-0.2, 0) is 14.8 Å². The molecule has 0 radical (unpaired) electrons. The van der Waals surface area contributed by atoms with Crippen LogP contribution in [0, 0.1) is 5.92 Å². The minimum Gasteiger partial charge on any atom is -0.361 e. The lowest BCUT2D eigenvalue weighted by Crippen LogP contribution is -2.50. The summed E-state index contributed by atoms with van der Waals surface area (Å²) in [4.78, 5) is 20.7. The summed E-state index contributed by atoms with van der Waals surface area (Å²) in [5.41, 5.74) is 1.03. The second-order valence-electron chi connectivity index (χ2n) is 8.85. The molecular weight excluding hydrogens is 412 g/mol. The molecule has 2 aliphatic heterocycles. The van der Waals surface area contributed by atoms with E-state index in [-0.39, 0.29) is 5.91 Å². The third-order valence-electron chi connectivity index (χ3n) is 6.95. The molecule has 3 aliphatic rings. The molecule has 164 valence electrons. The fraction of sp³-hybridized carbons (Fsp3) is 0.478. The highest BCUT2D eigenvalue weighted by Crippen LogP contribution is 2.35. The van der Waals surface area contributed by atoms with Crippen molar-refractivity contribution in [3.8, 4) is 0 Å². The molecule has 1 saturated heterocycles. The van der Waals surface area contributed by atoms with Crippen molar-refractivity contribution in [2.45, 2.75) is 50.5 Å². The molecule has 1 spiro atoms. The summed E-state index contributed by atoms with van der Waals surface area (Å²) in [7, 11) is -3.57. The van der Waals surface area contributed by atoms with Gasteiger partial charge in [0.1, 0.15) is 11.4 Å². The number of piperidine rings is 1. The van der Waals surface area contributed by atoms with E-state index in [2.05, 4.69) is 10.3 Å². The number of amides is 1. The Bertz CT molecular complexity index is 1150. The van der Waals surface area contributed by atoms with Gasteiger partial charge in [-0.1, -0.05) is 31.4 Å². The number of carbonyl (C=O) groups is 1. The van der Waals surface area contributed by atoms with Crippen molar-refractivity contribution >= 4 is 38.7 Å².